The number of nitro groups is 1. The van der Waals surface area contributed by atoms with Crippen molar-refractivity contribution < 1.29 is 18.9 Å². The second-order valence-electron chi connectivity index (χ2n) is 7.96. The Kier molecular flexibility index (Phi) is 6.78. The van der Waals surface area contributed by atoms with Crippen molar-refractivity contribution in [1.29, 1.82) is 0 Å². The monoisotopic (exact) mass is 639 g/mol. The molecule has 5 rings (SSSR count). The summed E-state index contributed by atoms with van der Waals surface area (Å²) in [6, 6.07) is 16.7. The minimum Gasteiger partial charge on any atom is -0.476 e. The van der Waals surface area contributed by atoms with Crippen molar-refractivity contribution in [2.24, 2.45) is 10.8 Å². The Balaban J connectivity index is 1.72. The normalized spacial score (nSPS) is 11.4. The van der Waals surface area contributed by atoms with E-state index in [1.165, 1.54) is 18.3 Å². The van der Waals surface area contributed by atoms with E-state index in [0.717, 1.165) is 14.5 Å². The Morgan fingerprint density at radius 3 is 2.71 bits per heavy atom. The molecule has 5 aromatic rings. The molecule has 0 aliphatic heterocycles. The molecule has 11 nitrogen and oxygen atoms in total. The van der Waals surface area contributed by atoms with E-state index in [-0.39, 0.29) is 22.9 Å². The van der Waals surface area contributed by atoms with E-state index in [4.69, 9.17) is 14.9 Å². The van der Waals surface area contributed by atoms with Crippen LogP contribution in [0.2, 0.25) is 0 Å². The zero-order valence-corrected chi connectivity index (χ0v) is 22.3. The quantitative estimate of drug-likeness (QED) is 0.149. The third kappa shape index (κ3) is 4.93. The number of amides is 1. The second kappa shape index (κ2) is 10.2. The van der Waals surface area contributed by atoms with Crippen molar-refractivity contribution >= 4 is 71.5 Å². The molecule has 0 aliphatic carbocycles. The van der Waals surface area contributed by atoms with Gasteiger partial charge in [-0.2, -0.15) is 9.78 Å². The molecule has 2 aromatic heterocycles. The maximum Gasteiger partial charge on any atom is 0.312 e. The van der Waals surface area contributed by atoms with Gasteiger partial charge in [-0.1, -0.05) is 44.0 Å². The number of hydrogen-bond acceptors (Lipinski definition) is 8. The summed E-state index contributed by atoms with van der Waals surface area (Å²) < 4.78 is 13.6. The van der Waals surface area contributed by atoms with E-state index in [1.54, 1.807) is 36.4 Å². The Morgan fingerprint density at radius 2 is 1.95 bits per heavy atom. The molecule has 0 saturated carbocycles. The summed E-state index contributed by atoms with van der Waals surface area (Å²) in [7, 11) is 0. The van der Waals surface area contributed by atoms with Crippen molar-refractivity contribution in [3.63, 3.8) is 0 Å². The highest BCUT2D eigenvalue weighted by atomic mass is 79.9. The average Bonchev–Trinajstić information content (AvgIpc) is 3.30. The minimum atomic E-state index is -0.820. The molecule has 0 bridgehead atoms. The van der Waals surface area contributed by atoms with Gasteiger partial charge in [0.05, 0.1) is 22.0 Å². The summed E-state index contributed by atoms with van der Waals surface area (Å²) in [5.41, 5.74) is 5.38. The largest absolute Gasteiger partial charge is 0.476 e. The zero-order chi connectivity index (χ0) is 27.0. The highest BCUT2D eigenvalue weighted by Gasteiger charge is 2.22. The van der Waals surface area contributed by atoms with Crippen LogP contribution in [0.3, 0.4) is 0 Å². The van der Waals surface area contributed by atoms with E-state index in [1.807, 2.05) is 12.1 Å². The molecular weight excluding hydrogens is 626 g/mol. The number of nitrogens with zero attached hydrogens (tertiary/aromatic N) is 4. The number of benzene rings is 3. The molecule has 0 aliphatic rings. The number of carbonyl (C=O) groups excluding carboxylic acids is 1. The number of ether oxygens (including phenoxy) is 1. The lowest BCUT2D eigenvalue weighted by molar-refractivity contribution is -0.385. The van der Waals surface area contributed by atoms with Gasteiger partial charge >= 0.3 is 5.69 Å². The predicted octanol–water partition coefficient (Wildman–Crippen LogP) is 4.99. The summed E-state index contributed by atoms with van der Waals surface area (Å²) in [4.78, 5) is 40.4. The lowest BCUT2D eigenvalue weighted by atomic mass is 10.2. The van der Waals surface area contributed by atoms with Crippen molar-refractivity contribution in [2.45, 2.75) is 0 Å². The lowest BCUT2D eigenvalue weighted by Gasteiger charge is -2.10. The van der Waals surface area contributed by atoms with Crippen molar-refractivity contribution in [1.82, 2.24) is 9.66 Å². The first-order valence-corrected chi connectivity index (χ1v) is 12.4. The van der Waals surface area contributed by atoms with Crippen molar-refractivity contribution in [2.75, 3.05) is 6.61 Å². The molecule has 38 heavy (non-hydrogen) atoms. The Morgan fingerprint density at radius 1 is 1.16 bits per heavy atom. The van der Waals surface area contributed by atoms with Gasteiger partial charge in [-0.05, 0) is 42.5 Å². The van der Waals surface area contributed by atoms with Crippen molar-refractivity contribution in [3.8, 4) is 17.3 Å². The smallest absolute Gasteiger partial charge is 0.312 e. The van der Waals surface area contributed by atoms with Gasteiger partial charge in [-0.15, -0.1) is 0 Å². The van der Waals surface area contributed by atoms with Crippen LogP contribution in [0.1, 0.15) is 5.56 Å². The van der Waals surface area contributed by atoms with Crippen LogP contribution in [-0.4, -0.2) is 33.3 Å². The molecule has 0 saturated heterocycles. The van der Waals surface area contributed by atoms with Crippen LogP contribution < -0.4 is 16.0 Å². The van der Waals surface area contributed by atoms with Gasteiger partial charge in [0.15, 0.2) is 12.4 Å². The van der Waals surface area contributed by atoms with Gasteiger partial charge < -0.3 is 14.9 Å². The Labute approximate surface area is 229 Å². The molecule has 0 unspecified atom stereocenters. The molecule has 2 N–H and O–H groups in total. The van der Waals surface area contributed by atoms with Crippen LogP contribution in [0, 0.1) is 10.1 Å². The summed E-state index contributed by atoms with van der Waals surface area (Å²) in [6.45, 7) is -0.597. The minimum absolute atomic E-state index is 0.112. The number of aromatic nitrogens is 2. The first-order chi connectivity index (χ1) is 18.2. The fraction of sp³-hybridized carbons (Fsp3) is 0.0400. The molecule has 190 valence electrons. The standard InChI is InChI=1S/C25H15Br2N5O6/c26-15-5-6-20-13(7-15)9-21(38-20)24-30-18-4-2-1-3-17(18)25(34)31(24)29-11-14-8-16(27)10-19(32(35)36)23(14)37-12-22(28)33/h1-11H,12H2,(H2,28,33). The SMILES string of the molecule is NC(=O)COc1c(C=Nn2c(-c3cc4cc(Br)ccc4o3)nc3ccccc3c2=O)cc(Br)cc1[N+](=O)[O-]. The topological polar surface area (TPSA) is 156 Å². The molecule has 0 fully saturated rings. The van der Waals surface area contributed by atoms with Gasteiger partial charge in [0.1, 0.15) is 5.58 Å². The highest BCUT2D eigenvalue weighted by Crippen LogP contribution is 2.34. The molecule has 1 amide bonds. The maximum absolute atomic E-state index is 13.5. The predicted molar refractivity (Wildman–Crippen MR) is 147 cm³/mol. The fourth-order valence-electron chi connectivity index (χ4n) is 3.77. The van der Waals surface area contributed by atoms with Gasteiger partial charge in [-0.25, -0.2) is 4.98 Å². The lowest BCUT2D eigenvalue weighted by Crippen LogP contribution is -2.21. The van der Waals surface area contributed by atoms with Crippen LogP contribution >= 0.6 is 31.9 Å². The van der Waals surface area contributed by atoms with Crippen LogP contribution in [0.15, 0.2) is 83.9 Å². The summed E-state index contributed by atoms with van der Waals surface area (Å²) in [5.74, 6) is -0.665. The number of furan rings is 1. The number of nitro benzene ring substituents is 1. The molecular formula is C25H15Br2N5O6. The zero-order valence-electron chi connectivity index (χ0n) is 19.1. The Hall–Kier alpha value is -4.36. The van der Waals surface area contributed by atoms with Crippen LogP contribution in [0.25, 0.3) is 33.5 Å². The molecule has 2 heterocycles. The van der Waals surface area contributed by atoms with Gasteiger partial charge in [0.25, 0.3) is 11.5 Å². The van der Waals surface area contributed by atoms with E-state index < -0.39 is 28.7 Å². The third-order valence-electron chi connectivity index (χ3n) is 5.38. The van der Waals surface area contributed by atoms with Crippen LogP contribution in [-0.2, 0) is 4.79 Å². The maximum atomic E-state index is 13.5. The molecule has 0 atom stereocenters. The Bertz CT molecular complexity index is 1850. The van der Waals surface area contributed by atoms with Gasteiger partial charge in [-0.3, -0.25) is 19.7 Å². The van der Waals surface area contributed by atoms with Gasteiger partial charge in [0.2, 0.25) is 11.6 Å². The average molecular weight is 641 g/mol. The molecule has 13 heteroatoms. The van der Waals surface area contributed by atoms with Crippen LogP contribution in [0.4, 0.5) is 5.69 Å². The number of rotatable bonds is 7. The van der Waals surface area contributed by atoms with E-state index in [0.29, 0.717) is 21.0 Å². The number of halogens is 2. The summed E-state index contributed by atoms with van der Waals surface area (Å²) >= 11 is 6.66. The number of carbonyl (C=O) groups is 1. The number of nitrogens with two attached hydrogens (primary N) is 1. The second-order valence-corrected chi connectivity index (χ2v) is 9.79. The van der Waals surface area contributed by atoms with E-state index >= 15 is 0 Å². The first-order valence-electron chi connectivity index (χ1n) is 10.9. The summed E-state index contributed by atoms with van der Waals surface area (Å²) in [5, 5.41) is 17.1. The number of hydrogen-bond donors (Lipinski definition) is 1. The third-order valence-corrected chi connectivity index (χ3v) is 6.33. The highest BCUT2D eigenvalue weighted by molar-refractivity contribution is 9.10. The number of para-hydroxylation sites is 1. The number of fused-ring (bicyclic) bond motifs is 2. The molecule has 0 radical (unpaired) electrons. The van der Waals surface area contributed by atoms with Crippen LogP contribution in [0.5, 0.6) is 5.75 Å². The first kappa shape index (κ1) is 25.3. The number of primary amides is 1. The fourth-order valence-corrected chi connectivity index (χ4v) is 4.61. The van der Waals surface area contributed by atoms with E-state index in [2.05, 4.69) is 41.9 Å². The molecule has 3 aromatic carbocycles. The van der Waals surface area contributed by atoms with Gasteiger partial charge in [0, 0.05) is 26.0 Å². The van der Waals surface area contributed by atoms with E-state index in [9.17, 15) is 19.7 Å². The molecule has 0 spiro atoms. The summed E-state index contributed by atoms with van der Waals surface area (Å²) in [6.07, 6.45) is 1.20. The van der Waals surface area contributed by atoms with Crippen molar-refractivity contribution in [3.05, 3.63) is 95.6 Å².